The lowest BCUT2D eigenvalue weighted by atomic mass is 10.2. The molecule has 23 heavy (non-hydrogen) atoms. The Morgan fingerprint density at radius 3 is 2.35 bits per heavy atom. The summed E-state index contributed by atoms with van der Waals surface area (Å²) in [7, 11) is 3.69. The third-order valence-corrected chi connectivity index (χ3v) is 3.80. The Morgan fingerprint density at radius 2 is 1.78 bits per heavy atom. The van der Waals surface area contributed by atoms with Gasteiger partial charge in [-0.2, -0.15) is 0 Å². The number of benzene rings is 2. The molecule has 0 unspecified atom stereocenters. The zero-order chi connectivity index (χ0) is 17.2. The van der Waals surface area contributed by atoms with Crippen LogP contribution in [0.2, 0.25) is 0 Å². The van der Waals surface area contributed by atoms with Crippen LogP contribution in [0.25, 0.3) is 0 Å². The fourth-order valence-corrected chi connectivity index (χ4v) is 1.97. The third-order valence-electron chi connectivity index (χ3n) is 3.80. The highest BCUT2D eigenvalue weighted by molar-refractivity contribution is 5.28. The van der Waals surface area contributed by atoms with E-state index < -0.39 is 0 Å². The molecule has 0 aliphatic rings. The molecule has 0 fully saturated rings. The molecule has 0 saturated carbocycles. The lowest BCUT2D eigenvalue weighted by Gasteiger charge is -2.21. The van der Waals surface area contributed by atoms with Gasteiger partial charge in [0, 0.05) is 18.2 Å². The standard InChI is InChI=1S/C11H16FN.C9H12O/c1-9(2)13(3)8-10-6-4-5-7-11(10)12;1-3-8-5-4-6-9(7-8)10-2/h4-7,9H,8H2,1-3H3;4-7H,3H2,1-2H3. The van der Waals surface area contributed by atoms with Crippen LogP contribution >= 0.6 is 0 Å². The molecule has 0 bridgehead atoms. The molecule has 0 aliphatic carbocycles. The van der Waals surface area contributed by atoms with Crippen molar-refractivity contribution in [3.63, 3.8) is 0 Å². The van der Waals surface area contributed by atoms with Crippen LogP contribution in [0.1, 0.15) is 31.9 Å². The smallest absolute Gasteiger partial charge is 0.127 e. The van der Waals surface area contributed by atoms with Crippen LogP contribution in [-0.4, -0.2) is 25.1 Å². The number of aryl methyl sites for hydroxylation is 1. The second kappa shape index (κ2) is 10.0. The van der Waals surface area contributed by atoms with E-state index in [1.54, 1.807) is 13.2 Å². The van der Waals surface area contributed by atoms with E-state index in [0.717, 1.165) is 17.7 Å². The first-order valence-electron chi connectivity index (χ1n) is 8.04. The van der Waals surface area contributed by atoms with Gasteiger partial charge in [-0.15, -0.1) is 0 Å². The van der Waals surface area contributed by atoms with Crippen LogP contribution in [-0.2, 0) is 13.0 Å². The molecule has 0 aromatic heterocycles. The van der Waals surface area contributed by atoms with Gasteiger partial charge in [0.1, 0.15) is 11.6 Å². The van der Waals surface area contributed by atoms with Crippen molar-refractivity contribution in [2.45, 2.75) is 39.8 Å². The van der Waals surface area contributed by atoms with Crippen molar-refractivity contribution >= 4 is 0 Å². The predicted octanol–water partition coefficient (Wildman–Crippen LogP) is 4.92. The van der Waals surface area contributed by atoms with Crippen molar-refractivity contribution in [3.8, 4) is 5.75 Å². The van der Waals surface area contributed by atoms with Crippen molar-refractivity contribution in [3.05, 3.63) is 65.5 Å². The van der Waals surface area contributed by atoms with Crippen LogP contribution < -0.4 is 4.74 Å². The molecule has 2 nitrogen and oxygen atoms in total. The van der Waals surface area contributed by atoms with Gasteiger partial charge in [-0.25, -0.2) is 4.39 Å². The maximum Gasteiger partial charge on any atom is 0.127 e. The highest BCUT2D eigenvalue weighted by Crippen LogP contribution is 2.12. The fraction of sp³-hybridized carbons (Fsp3) is 0.400. The van der Waals surface area contributed by atoms with Crippen molar-refractivity contribution in [1.82, 2.24) is 4.90 Å². The second-order valence-corrected chi connectivity index (χ2v) is 5.81. The molecule has 0 amide bonds. The molecular formula is C20H28FNO. The predicted molar refractivity (Wildman–Crippen MR) is 95.4 cm³/mol. The summed E-state index contributed by atoms with van der Waals surface area (Å²) < 4.78 is 18.2. The van der Waals surface area contributed by atoms with Gasteiger partial charge in [0.15, 0.2) is 0 Å². The topological polar surface area (TPSA) is 12.5 Å². The molecule has 0 N–H and O–H groups in total. The highest BCUT2D eigenvalue weighted by atomic mass is 19.1. The minimum absolute atomic E-state index is 0.116. The molecule has 0 saturated heterocycles. The minimum atomic E-state index is -0.116. The average Bonchev–Trinajstić information content (AvgIpc) is 2.57. The Kier molecular flexibility index (Phi) is 8.35. The van der Waals surface area contributed by atoms with E-state index in [9.17, 15) is 4.39 Å². The van der Waals surface area contributed by atoms with Gasteiger partial charge in [0.2, 0.25) is 0 Å². The monoisotopic (exact) mass is 317 g/mol. The van der Waals surface area contributed by atoms with Gasteiger partial charge in [0.25, 0.3) is 0 Å². The largest absolute Gasteiger partial charge is 0.497 e. The Morgan fingerprint density at radius 1 is 1.09 bits per heavy atom. The first-order chi connectivity index (χ1) is 11.0. The maximum absolute atomic E-state index is 13.2. The number of nitrogens with zero attached hydrogens (tertiary/aromatic N) is 1. The van der Waals surface area contributed by atoms with E-state index in [4.69, 9.17) is 4.74 Å². The SMILES string of the molecule is CC(C)N(C)Cc1ccccc1F.CCc1cccc(OC)c1. The summed E-state index contributed by atoms with van der Waals surface area (Å²) in [6.07, 6.45) is 1.07. The van der Waals surface area contributed by atoms with E-state index in [1.807, 2.05) is 31.3 Å². The quantitative estimate of drug-likeness (QED) is 0.776. The molecule has 0 aliphatic heterocycles. The second-order valence-electron chi connectivity index (χ2n) is 5.81. The number of rotatable bonds is 5. The van der Waals surface area contributed by atoms with Crippen LogP contribution in [0, 0.1) is 5.82 Å². The van der Waals surface area contributed by atoms with Gasteiger partial charge >= 0.3 is 0 Å². The summed E-state index contributed by atoms with van der Waals surface area (Å²) in [5.41, 5.74) is 2.08. The van der Waals surface area contributed by atoms with Gasteiger partial charge in [0.05, 0.1) is 7.11 Å². The normalized spacial score (nSPS) is 10.4. The number of halogens is 1. The van der Waals surface area contributed by atoms with Crippen LogP contribution in [0.15, 0.2) is 48.5 Å². The lowest BCUT2D eigenvalue weighted by Crippen LogP contribution is -2.25. The lowest BCUT2D eigenvalue weighted by molar-refractivity contribution is 0.262. The Balaban J connectivity index is 0.000000238. The molecule has 2 aromatic rings. The van der Waals surface area contributed by atoms with Crippen LogP contribution in [0.3, 0.4) is 0 Å². The van der Waals surface area contributed by atoms with E-state index in [2.05, 4.69) is 37.8 Å². The maximum atomic E-state index is 13.2. The number of ether oxygens (including phenoxy) is 1. The zero-order valence-corrected chi connectivity index (χ0v) is 14.8. The van der Waals surface area contributed by atoms with E-state index in [0.29, 0.717) is 12.6 Å². The van der Waals surface area contributed by atoms with Gasteiger partial charge in [-0.3, -0.25) is 4.90 Å². The zero-order valence-electron chi connectivity index (χ0n) is 14.8. The summed E-state index contributed by atoms with van der Waals surface area (Å²) in [5, 5.41) is 0. The van der Waals surface area contributed by atoms with E-state index >= 15 is 0 Å². The molecule has 0 radical (unpaired) electrons. The number of hydrogen-bond donors (Lipinski definition) is 0. The number of methoxy groups -OCH3 is 1. The number of hydrogen-bond acceptors (Lipinski definition) is 2. The van der Waals surface area contributed by atoms with Crippen LogP contribution in [0.4, 0.5) is 4.39 Å². The molecule has 0 atom stereocenters. The van der Waals surface area contributed by atoms with Gasteiger partial charge < -0.3 is 4.74 Å². The van der Waals surface area contributed by atoms with Crippen molar-refractivity contribution in [2.24, 2.45) is 0 Å². The van der Waals surface area contributed by atoms with Crippen molar-refractivity contribution in [2.75, 3.05) is 14.2 Å². The Labute approximate surface area is 139 Å². The molecule has 0 spiro atoms. The molecular weight excluding hydrogens is 289 g/mol. The summed E-state index contributed by atoms with van der Waals surface area (Å²) in [6, 6.07) is 15.5. The van der Waals surface area contributed by atoms with Gasteiger partial charge in [-0.1, -0.05) is 37.3 Å². The molecule has 2 rings (SSSR count). The summed E-state index contributed by atoms with van der Waals surface area (Å²) >= 11 is 0. The average molecular weight is 317 g/mol. The molecule has 2 aromatic carbocycles. The summed E-state index contributed by atoms with van der Waals surface area (Å²) in [6.45, 7) is 7.00. The Bertz CT molecular complexity index is 564. The van der Waals surface area contributed by atoms with E-state index in [-0.39, 0.29) is 5.82 Å². The first kappa shape index (κ1) is 19.2. The summed E-state index contributed by atoms with van der Waals surface area (Å²) in [4.78, 5) is 2.11. The fourth-order valence-electron chi connectivity index (χ4n) is 1.97. The van der Waals surface area contributed by atoms with Gasteiger partial charge in [-0.05, 0) is 51.1 Å². The minimum Gasteiger partial charge on any atom is -0.497 e. The van der Waals surface area contributed by atoms with E-state index in [1.165, 1.54) is 11.6 Å². The first-order valence-corrected chi connectivity index (χ1v) is 8.04. The van der Waals surface area contributed by atoms with Crippen molar-refractivity contribution < 1.29 is 9.13 Å². The van der Waals surface area contributed by atoms with Crippen molar-refractivity contribution in [1.29, 1.82) is 0 Å². The van der Waals surface area contributed by atoms with Crippen LogP contribution in [0.5, 0.6) is 5.75 Å². The molecule has 0 heterocycles. The summed E-state index contributed by atoms with van der Waals surface area (Å²) in [5.74, 6) is 0.828. The molecule has 126 valence electrons. The third kappa shape index (κ3) is 6.83. The highest BCUT2D eigenvalue weighted by Gasteiger charge is 2.06. The Hall–Kier alpha value is -1.87. The molecule has 3 heteroatoms.